The summed E-state index contributed by atoms with van der Waals surface area (Å²) in [4.78, 5) is 18.4. The number of aromatic nitrogens is 2. The number of benzene rings is 1. The van der Waals surface area contributed by atoms with Crippen LogP contribution in [0.15, 0.2) is 16.9 Å². The van der Waals surface area contributed by atoms with Crippen LogP contribution in [0.25, 0.3) is 11.0 Å². The number of hydrogen-bond acceptors (Lipinski definition) is 3. The first-order chi connectivity index (χ1) is 7.61. The molecule has 0 unspecified atom stereocenters. The van der Waals surface area contributed by atoms with Crippen molar-refractivity contribution < 1.29 is 9.53 Å². The van der Waals surface area contributed by atoms with Crippen LogP contribution in [0.2, 0.25) is 5.02 Å². The van der Waals surface area contributed by atoms with Crippen molar-refractivity contribution in [2.24, 2.45) is 0 Å². The molecule has 0 aliphatic heterocycles. The molecule has 0 saturated heterocycles. The lowest BCUT2D eigenvalue weighted by Crippen LogP contribution is -2.04. The number of hydrogen-bond donors (Lipinski definition) is 1. The normalized spacial score (nSPS) is 10.7. The molecule has 1 N–H and O–H groups in total. The lowest BCUT2D eigenvalue weighted by atomic mass is 10.1. The number of H-pyrrole nitrogens is 1. The molecule has 2 aromatic rings. The minimum absolute atomic E-state index is 0.182. The van der Waals surface area contributed by atoms with Gasteiger partial charge < -0.3 is 9.72 Å². The Morgan fingerprint density at radius 2 is 2.38 bits per heavy atom. The smallest absolute Gasteiger partial charge is 0.310 e. The Balaban J connectivity index is 2.53. The molecule has 1 heterocycles. The summed E-state index contributed by atoms with van der Waals surface area (Å²) in [5, 5.41) is 0.571. The van der Waals surface area contributed by atoms with Crippen molar-refractivity contribution in [1.29, 1.82) is 0 Å². The highest BCUT2D eigenvalue weighted by molar-refractivity contribution is 9.10. The maximum absolute atomic E-state index is 11.2. The molecule has 16 heavy (non-hydrogen) atoms. The molecule has 0 aliphatic carbocycles. The van der Waals surface area contributed by atoms with Crippen LogP contribution in [0.5, 0.6) is 0 Å². The molecular formula is C10H8BrClN2O2. The van der Waals surface area contributed by atoms with Gasteiger partial charge >= 0.3 is 5.97 Å². The SMILES string of the molecule is COC(=O)Cc1ccc(Cl)c2[nH]c(Br)nc12. The van der Waals surface area contributed by atoms with Crippen molar-refractivity contribution in [3.05, 3.63) is 27.5 Å². The predicted octanol–water partition coefficient (Wildman–Crippen LogP) is 2.69. The van der Waals surface area contributed by atoms with E-state index in [9.17, 15) is 4.79 Å². The number of methoxy groups -OCH3 is 1. The summed E-state index contributed by atoms with van der Waals surface area (Å²) in [6.07, 6.45) is 0.182. The van der Waals surface area contributed by atoms with Crippen LogP contribution >= 0.6 is 27.5 Å². The summed E-state index contributed by atoms with van der Waals surface area (Å²) in [7, 11) is 1.36. The summed E-state index contributed by atoms with van der Waals surface area (Å²) in [6.45, 7) is 0. The zero-order valence-electron chi connectivity index (χ0n) is 8.38. The largest absolute Gasteiger partial charge is 0.469 e. The van der Waals surface area contributed by atoms with Crippen LogP contribution < -0.4 is 0 Å². The number of halogens is 2. The second-order valence-electron chi connectivity index (χ2n) is 3.21. The van der Waals surface area contributed by atoms with E-state index < -0.39 is 0 Å². The van der Waals surface area contributed by atoms with Gasteiger partial charge in [0, 0.05) is 0 Å². The van der Waals surface area contributed by atoms with Crippen molar-refractivity contribution in [2.75, 3.05) is 7.11 Å². The number of nitrogens with one attached hydrogen (secondary N) is 1. The molecule has 0 atom stereocenters. The monoisotopic (exact) mass is 302 g/mol. The van der Waals surface area contributed by atoms with Gasteiger partial charge in [-0.25, -0.2) is 4.98 Å². The summed E-state index contributed by atoms with van der Waals surface area (Å²) in [5.41, 5.74) is 2.19. The van der Waals surface area contributed by atoms with Crippen LogP contribution in [0.1, 0.15) is 5.56 Å². The van der Waals surface area contributed by atoms with Crippen molar-refractivity contribution in [3.8, 4) is 0 Å². The standard InChI is InChI=1S/C10H8BrClN2O2/c1-16-7(15)4-5-2-3-6(12)9-8(5)13-10(11)14-9/h2-3H,4H2,1H3,(H,13,14). The third-order valence-electron chi connectivity index (χ3n) is 2.21. The van der Waals surface area contributed by atoms with E-state index in [2.05, 4.69) is 30.6 Å². The molecule has 2 rings (SSSR count). The van der Waals surface area contributed by atoms with Crippen LogP contribution in [0.4, 0.5) is 0 Å². The Hall–Kier alpha value is -1.07. The molecule has 4 nitrogen and oxygen atoms in total. The minimum Gasteiger partial charge on any atom is -0.469 e. The predicted molar refractivity (Wildman–Crippen MR) is 64.5 cm³/mol. The number of carbonyl (C=O) groups excluding carboxylic acids is 1. The molecule has 0 fully saturated rings. The van der Waals surface area contributed by atoms with Gasteiger partial charge in [-0.1, -0.05) is 17.7 Å². The molecule has 0 bridgehead atoms. The van der Waals surface area contributed by atoms with Crippen LogP contribution in [-0.2, 0) is 16.0 Å². The van der Waals surface area contributed by atoms with E-state index in [1.807, 2.05) is 0 Å². The molecule has 1 aromatic heterocycles. The lowest BCUT2D eigenvalue weighted by molar-refractivity contribution is -0.139. The Morgan fingerprint density at radius 1 is 1.62 bits per heavy atom. The zero-order chi connectivity index (χ0) is 11.7. The van der Waals surface area contributed by atoms with Crippen molar-refractivity contribution >= 4 is 44.5 Å². The van der Waals surface area contributed by atoms with E-state index in [4.69, 9.17) is 11.6 Å². The fourth-order valence-electron chi connectivity index (χ4n) is 1.46. The fraction of sp³-hybridized carbons (Fsp3) is 0.200. The molecule has 0 saturated carbocycles. The minimum atomic E-state index is -0.303. The molecule has 0 aliphatic rings. The first-order valence-corrected chi connectivity index (χ1v) is 5.68. The molecule has 84 valence electrons. The Morgan fingerprint density at radius 3 is 3.06 bits per heavy atom. The number of aromatic amines is 1. The summed E-state index contributed by atoms with van der Waals surface area (Å²) in [6, 6.07) is 3.50. The van der Waals surface area contributed by atoms with Gasteiger partial charge in [0.15, 0.2) is 4.73 Å². The highest BCUT2D eigenvalue weighted by Gasteiger charge is 2.12. The lowest BCUT2D eigenvalue weighted by Gasteiger charge is -2.01. The highest BCUT2D eigenvalue weighted by Crippen LogP contribution is 2.26. The summed E-state index contributed by atoms with van der Waals surface area (Å²) >= 11 is 9.24. The molecular weight excluding hydrogens is 295 g/mol. The van der Waals surface area contributed by atoms with Crippen molar-refractivity contribution in [2.45, 2.75) is 6.42 Å². The Kier molecular flexibility index (Phi) is 3.16. The first kappa shape index (κ1) is 11.4. The average molecular weight is 304 g/mol. The second-order valence-corrected chi connectivity index (χ2v) is 4.37. The number of rotatable bonds is 2. The molecule has 0 spiro atoms. The Bertz CT molecular complexity index is 553. The third-order valence-corrected chi connectivity index (χ3v) is 2.90. The van der Waals surface area contributed by atoms with E-state index in [1.165, 1.54) is 7.11 Å². The first-order valence-electron chi connectivity index (χ1n) is 4.51. The molecule has 6 heteroatoms. The van der Waals surface area contributed by atoms with Gasteiger partial charge in [0.05, 0.1) is 29.6 Å². The van der Waals surface area contributed by atoms with Gasteiger partial charge in [0.25, 0.3) is 0 Å². The van der Waals surface area contributed by atoms with E-state index in [1.54, 1.807) is 12.1 Å². The van der Waals surface area contributed by atoms with Gasteiger partial charge in [-0.3, -0.25) is 4.79 Å². The van der Waals surface area contributed by atoms with Gasteiger partial charge in [0.1, 0.15) is 0 Å². The zero-order valence-corrected chi connectivity index (χ0v) is 10.7. The Labute approximate surface area is 105 Å². The van der Waals surface area contributed by atoms with Crippen LogP contribution in [0, 0.1) is 0 Å². The highest BCUT2D eigenvalue weighted by atomic mass is 79.9. The van der Waals surface area contributed by atoms with Crippen LogP contribution in [-0.4, -0.2) is 23.0 Å². The van der Waals surface area contributed by atoms with Gasteiger partial charge in [-0.15, -0.1) is 0 Å². The van der Waals surface area contributed by atoms with Gasteiger partial charge in [-0.2, -0.15) is 0 Å². The maximum atomic E-state index is 11.2. The quantitative estimate of drug-likeness (QED) is 0.868. The topological polar surface area (TPSA) is 55.0 Å². The molecule has 1 aromatic carbocycles. The van der Waals surface area contributed by atoms with E-state index in [0.717, 1.165) is 11.1 Å². The van der Waals surface area contributed by atoms with Crippen molar-refractivity contribution in [1.82, 2.24) is 9.97 Å². The number of fused-ring (bicyclic) bond motifs is 1. The average Bonchev–Trinajstić information content (AvgIpc) is 2.65. The van der Waals surface area contributed by atoms with Gasteiger partial charge in [-0.05, 0) is 27.6 Å². The molecule has 0 radical (unpaired) electrons. The second kappa shape index (κ2) is 4.43. The number of ether oxygens (including phenoxy) is 1. The number of imidazole rings is 1. The number of esters is 1. The summed E-state index contributed by atoms with van der Waals surface area (Å²) in [5.74, 6) is -0.303. The van der Waals surface area contributed by atoms with Crippen molar-refractivity contribution in [3.63, 3.8) is 0 Å². The maximum Gasteiger partial charge on any atom is 0.310 e. The fourth-order valence-corrected chi connectivity index (χ4v) is 2.03. The van der Waals surface area contributed by atoms with E-state index in [-0.39, 0.29) is 12.4 Å². The van der Waals surface area contributed by atoms with E-state index in [0.29, 0.717) is 15.3 Å². The van der Waals surface area contributed by atoms with E-state index >= 15 is 0 Å². The third kappa shape index (κ3) is 2.05. The number of nitrogens with zero attached hydrogens (tertiary/aromatic N) is 1. The number of carbonyl (C=O) groups is 1. The summed E-state index contributed by atoms with van der Waals surface area (Å²) < 4.78 is 5.20. The molecule has 0 amide bonds. The van der Waals surface area contributed by atoms with Gasteiger partial charge in [0.2, 0.25) is 0 Å². The van der Waals surface area contributed by atoms with Crippen LogP contribution in [0.3, 0.4) is 0 Å².